The number of carbonyl (C=O) groups excluding carboxylic acids is 1. The van der Waals surface area contributed by atoms with Crippen molar-refractivity contribution in [3.63, 3.8) is 0 Å². The number of halogens is 1. The number of rotatable bonds is 9. The van der Waals surface area contributed by atoms with Crippen LogP contribution in [0.1, 0.15) is 37.9 Å². The average Bonchev–Trinajstić information content (AvgIpc) is 2.73. The predicted molar refractivity (Wildman–Crippen MR) is 120 cm³/mol. The summed E-state index contributed by atoms with van der Waals surface area (Å²) in [4.78, 5) is 12.5. The van der Waals surface area contributed by atoms with E-state index in [-0.39, 0.29) is 16.8 Å². The molecule has 0 radical (unpaired) electrons. The zero-order chi connectivity index (χ0) is 22.3. The van der Waals surface area contributed by atoms with Crippen molar-refractivity contribution in [2.45, 2.75) is 31.7 Å². The molecule has 1 N–H and O–H groups in total. The van der Waals surface area contributed by atoms with E-state index in [1.54, 1.807) is 69.5 Å². The molecule has 30 heavy (non-hydrogen) atoms. The van der Waals surface area contributed by atoms with Gasteiger partial charge in [-0.3, -0.25) is 4.79 Å². The third-order valence-corrected chi connectivity index (χ3v) is 6.99. The van der Waals surface area contributed by atoms with Gasteiger partial charge >= 0.3 is 0 Å². The van der Waals surface area contributed by atoms with E-state index in [0.717, 1.165) is 5.56 Å². The maximum absolute atomic E-state index is 12.6. The molecule has 0 saturated heterocycles. The van der Waals surface area contributed by atoms with Crippen molar-refractivity contribution < 1.29 is 17.9 Å². The molecule has 1 amide bonds. The summed E-state index contributed by atoms with van der Waals surface area (Å²) in [5.74, 6) is 0.325. The molecule has 0 aromatic heterocycles. The fraction of sp³-hybridized carbons (Fsp3) is 0.318. The van der Waals surface area contributed by atoms with Crippen LogP contribution in [0.25, 0.3) is 6.08 Å². The number of benzene rings is 2. The van der Waals surface area contributed by atoms with Crippen LogP contribution in [0, 0.1) is 0 Å². The fourth-order valence-corrected chi connectivity index (χ4v) is 4.63. The van der Waals surface area contributed by atoms with Crippen molar-refractivity contribution in [2.75, 3.05) is 20.2 Å². The number of nitrogens with zero attached hydrogens (tertiary/aromatic N) is 1. The minimum atomic E-state index is -3.50. The predicted octanol–water partition coefficient (Wildman–Crippen LogP) is 4.27. The molecule has 1 atom stereocenters. The molecule has 8 heteroatoms. The summed E-state index contributed by atoms with van der Waals surface area (Å²) in [5, 5.41) is 3.41. The molecule has 0 heterocycles. The summed E-state index contributed by atoms with van der Waals surface area (Å²) < 4.78 is 31.8. The van der Waals surface area contributed by atoms with Crippen LogP contribution in [0.2, 0.25) is 5.02 Å². The molecule has 2 rings (SSSR count). The Morgan fingerprint density at radius 2 is 1.80 bits per heavy atom. The number of hydrogen-bond acceptors (Lipinski definition) is 4. The SMILES string of the molecule is CCN(CC)S(=O)(=O)c1ccc(C(C)NC(=O)/C=C/c2cc(Cl)ccc2OC)cc1. The highest BCUT2D eigenvalue weighted by molar-refractivity contribution is 7.89. The number of sulfonamides is 1. The normalized spacial score (nSPS) is 12.9. The smallest absolute Gasteiger partial charge is 0.244 e. The Morgan fingerprint density at radius 3 is 2.37 bits per heavy atom. The molecule has 162 valence electrons. The van der Waals surface area contributed by atoms with E-state index in [1.165, 1.54) is 10.4 Å². The Hall–Kier alpha value is -2.35. The van der Waals surface area contributed by atoms with Gasteiger partial charge in [0.15, 0.2) is 0 Å². The molecule has 0 aliphatic heterocycles. The Balaban J connectivity index is 2.08. The second-order valence-corrected chi connectivity index (χ2v) is 8.98. The molecule has 2 aromatic carbocycles. The molecule has 2 aromatic rings. The highest BCUT2D eigenvalue weighted by Crippen LogP contribution is 2.24. The number of ether oxygens (including phenoxy) is 1. The van der Waals surface area contributed by atoms with E-state index in [1.807, 2.05) is 6.92 Å². The molecule has 0 spiro atoms. The van der Waals surface area contributed by atoms with E-state index >= 15 is 0 Å². The second-order valence-electron chi connectivity index (χ2n) is 6.61. The van der Waals surface area contributed by atoms with E-state index < -0.39 is 10.0 Å². The molecule has 0 aliphatic rings. The summed E-state index contributed by atoms with van der Waals surface area (Å²) >= 11 is 6.00. The Kier molecular flexibility index (Phi) is 8.46. The van der Waals surface area contributed by atoms with Crippen molar-refractivity contribution >= 4 is 33.6 Å². The van der Waals surface area contributed by atoms with Crippen LogP contribution in [0.4, 0.5) is 0 Å². The molecule has 0 bridgehead atoms. The van der Waals surface area contributed by atoms with Crippen LogP contribution in [0.5, 0.6) is 5.75 Å². The first-order valence-electron chi connectivity index (χ1n) is 9.65. The summed E-state index contributed by atoms with van der Waals surface area (Å²) in [6.07, 6.45) is 3.04. The lowest BCUT2D eigenvalue weighted by molar-refractivity contribution is -0.117. The lowest BCUT2D eigenvalue weighted by Crippen LogP contribution is -2.30. The molecule has 0 saturated carbocycles. The van der Waals surface area contributed by atoms with Gasteiger partial charge in [-0.2, -0.15) is 4.31 Å². The van der Waals surface area contributed by atoms with Crippen LogP contribution < -0.4 is 10.1 Å². The largest absolute Gasteiger partial charge is 0.496 e. The average molecular weight is 451 g/mol. The van der Waals surface area contributed by atoms with Crippen molar-refractivity contribution in [3.05, 3.63) is 64.7 Å². The van der Waals surface area contributed by atoms with Gasteiger partial charge in [-0.05, 0) is 48.9 Å². The Morgan fingerprint density at radius 1 is 1.17 bits per heavy atom. The quantitative estimate of drug-likeness (QED) is 0.579. The van der Waals surface area contributed by atoms with Crippen LogP contribution in [-0.4, -0.2) is 38.8 Å². The van der Waals surface area contributed by atoms with Crippen molar-refractivity contribution in [1.82, 2.24) is 9.62 Å². The van der Waals surface area contributed by atoms with Crippen LogP contribution in [0.3, 0.4) is 0 Å². The fourth-order valence-electron chi connectivity index (χ4n) is 2.99. The van der Waals surface area contributed by atoms with E-state index in [9.17, 15) is 13.2 Å². The molecule has 0 aliphatic carbocycles. The molecular weight excluding hydrogens is 424 g/mol. The molecule has 6 nitrogen and oxygen atoms in total. The van der Waals surface area contributed by atoms with Gasteiger partial charge in [0, 0.05) is 29.8 Å². The minimum absolute atomic E-state index is 0.237. The van der Waals surface area contributed by atoms with Crippen LogP contribution in [0.15, 0.2) is 53.4 Å². The second kappa shape index (κ2) is 10.6. The lowest BCUT2D eigenvalue weighted by Gasteiger charge is -2.19. The third-order valence-electron chi connectivity index (χ3n) is 4.69. The molecular formula is C22H27ClN2O4S. The minimum Gasteiger partial charge on any atom is -0.496 e. The molecule has 0 fully saturated rings. The van der Waals surface area contributed by atoms with Gasteiger partial charge in [-0.25, -0.2) is 8.42 Å². The van der Waals surface area contributed by atoms with Gasteiger partial charge in [0.2, 0.25) is 15.9 Å². The number of nitrogens with one attached hydrogen (secondary N) is 1. The number of hydrogen-bond donors (Lipinski definition) is 1. The van der Waals surface area contributed by atoms with Gasteiger partial charge in [0.1, 0.15) is 5.75 Å². The highest BCUT2D eigenvalue weighted by Gasteiger charge is 2.21. The standard InChI is InChI=1S/C22H27ClN2O4S/c1-5-25(6-2)30(27,28)20-11-7-17(8-12-20)16(3)24-22(26)14-9-18-15-19(23)10-13-21(18)29-4/h7-16H,5-6H2,1-4H3,(H,24,26)/b14-9+. The van der Waals surface area contributed by atoms with Crippen molar-refractivity contribution in [2.24, 2.45) is 0 Å². The van der Waals surface area contributed by atoms with Crippen molar-refractivity contribution in [1.29, 1.82) is 0 Å². The first kappa shape index (κ1) is 23.9. The maximum Gasteiger partial charge on any atom is 0.244 e. The topological polar surface area (TPSA) is 75.7 Å². The maximum atomic E-state index is 12.6. The zero-order valence-electron chi connectivity index (χ0n) is 17.6. The summed E-state index contributed by atoms with van der Waals surface area (Å²) in [5.41, 5.74) is 1.49. The monoisotopic (exact) mass is 450 g/mol. The Bertz CT molecular complexity index is 1000. The van der Waals surface area contributed by atoms with E-state index in [2.05, 4.69) is 5.32 Å². The lowest BCUT2D eigenvalue weighted by atomic mass is 10.1. The Labute approximate surface area is 183 Å². The first-order chi connectivity index (χ1) is 14.2. The van der Waals surface area contributed by atoms with Crippen LogP contribution in [-0.2, 0) is 14.8 Å². The number of carbonyl (C=O) groups is 1. The number of methoxy groups -OCH3 is 1. The molecule has 1 unspecified atom stereocenters. The van der Waals surface area contributed by atoms with Crippen LogP contribution >= 0.6 is 11.6 Å². The summed E-state index contributed by atoms with van der Waals surface area (Å²) in [6.45, 7) is 6.27. The van der Waals surface area contributed by atoms with Gasteiger partial charge in [-0.1, -0.05) is 37.6 Å². The summed E-state index contributed by atoms with van der Waals surface area (Å²) in [6, 6.07) is 11.4. The third kappa shape index (κ3) is 5.84. The van der Waals surface area contributed by atoms with Crippen molar-refractivity contribution in [3.8, 4) is 5.75 Å². The van der Waals surface area contributed by atoms with E-state index in [4.69, 9.17) is 16.3 Å². The van der Waals surface area contributed by atoms with Gasteiger partial charge in [0.05, 0.1) is 18.0 Å². The number of amides is 1. The first-order valence-corrected chi connectivity index (χ1v) is 11.5. The van der Waals surface area contributed by atoms with Gasteiger partial charge in [0.25, 0.3) is 0 Å². The van der Waals surface area contributed by atoms with Gasteiger partial charge < -0.3 is 10.1 Å². The zero-order valence-corrected chi connectivity index (χ0v) is 19.1. The highest BCUT2D eigenvalue weighted by atomic mass is 35.5. The van der Waals surface area contributed by atoms with Gasteiger partial charge in [-0.15, -0.1) is 0 Å². The van der Waals surface area contributed by atoms with E-state index in [0.29, 0.717) is 29.4 Å². The summed E-state index contributed by atoms with van der Waals surface area (Å²) in [7, 11) is -1.96.